The molecule has 1 N–H and O–H groups in total. The minimum Gasteiger partial charge on any atom is -0.316 e. The number of carbonyl (C=O) groups excluding carboxylic acids is 1. The van der Waals surface area contributed by atoms with Crippen molar-refractivity contribution in [3.8, 4) is 0 Å². The van der Waals surface area contributed by atoms with Gasteiger partial charge in [-0.2, -0.15) is 8.78 Å². The molecule has 94 valence electrons. The number of nitrogens with zero attached hydrogens (tertiary/aromatic N) is 1. The van der Waals surface area contributed by atoms with Gasteiger partial charge in [0.1, 0.15) is 5.82 Å². The Kier molecular flexibility index (Phi) is 4.11. The average Bonchev–Trinajstić information content (AvgIpc) is 2.29. The molecule has 0 saturated carbocycles. The van der Waals surface area contributed by atoms with Crippen molar-refractivity contribution in [2.75, 3.05) is 12.4 Å². The molecule has 0 aliphatic heterocycles. The van der Waals surface area contributed by atoms with Crippen molar-refractivity contribution < 1.29 is 18.3 Å². The number of anilines is 1. The third-order valence-corrected chi connectivity index (χ3v) is 2.12. The number of nitrogens with one attached hydrogen (secondary N) is 1. The fraction of sp³-hybridized carbons (Fsp3) is 0.455. The number of amides is 1. The summed E-state index contributed by atoms with van der Waals surface area (Å²) >= 11 is 0. The van der Waals surface area contributed by atoms with Crippen LogP contribution in [0.4, 0.5) is 14.6 Å². The van der Waals surface area contributed by atoms with Gasteiger partial charge in [-0.15, -0.1) is 0 Å². The molecule has 1 rings (SSSR count). The first kappa shape index (κ1) is 13.5. The van der Waals surface area contributed by atoms with Crippen LogP contribution in [0.3, 0.4) is 0 Å². The van der Waals surface area contributed by atoms with Crippen LogP contribution in [-0.4, -0.2) is 24.1 Å². The van der Waals surface area contributed by atoms with E-state index in [1.54, 1.807) is 12.1 Å². The molecule has 1 amide bonds. The number of hydrogen-bond acceptors (Lipinski definition) is 3. The number of aromatic nitrogens is 1. The lowest BCUT2D eigenvalue weighted by molar-refractivity contribution is -0.214. The predicted molar refractivity (Wildman–Crippen MR) is 58.9 cm³/mol. The molecule has 1 heterocycles. The number of ether oxygens (including phenoxy) is 1. The Balaban J connectivity index is 2.82. The molecule has 0 spiro atoms. The lowest BCUT2D eigenvalue weighted by Gasteiger charge is -2.13. The SMILES string of the molecule is COC(F)(F)C(=O)Nc1cccc(C(C)C)n1. The Morgan fingerprint density at radius 2 is 2.12 bits per heavy atom. The zero-order chi connectivity index (χ0) is 13.1. The third kappa shape index (κ3) is 3.45. The summed E-state index contributed by atoms with van der Waals surface area (Å²) in [6, 6.07) is 4.84. The highest BCUT2D eigenvalue weighted by Gasteiger charge is 2.39. The van der Waals surface area contributed by atoms with Gasteiger partial charge in [0.2, 0.25) is 0 Å². The largest absolute Gasteiger partial charge is 0.436 e. The molecule has 0 aliphatic rings. The molecule has 0 atom stereocenters. The Bertz CT molecular complexity index is 408. The van der Waals surface area contributed by atoms with Gasteiger partial charge in [0.15, 0.2) is 0 Å². The standard InChI is InChI=1S/C11H14F2N2O2/c1-7(2)8-5-4-6-9(14-8)15-10(16)11(12,13)17-3/h4-7H,1-3H3,(H,14,15,16). The Hall–Kier alpha value is -1.56. The van der Waals surface area contributed by atoms with Gasteiger partial charge in [0.05, 0.1) is 0 Å². The smallest absolute Gasteiger partial charge is 0.316 e. The summed E-state index contributed by atoms with van der Waals surface area (Å²) in [7, 11) is 0.761. The van der Waals surface area contributed by atoms with Crippen LogP contribution < -0.4 is 5.32 Å². The molecule has 0 saturated heterocycles. The van der Waals surface area contributed by atoms with Crippen molar-refractivity contribution in [3.63, 3.8) is 0 Å². The number of hydrogen-bond donors (Lipinski definition) is 1. The molecule has 0 fully saturated rings. The summed E-state index contributed by atoms with van der Waals surface area (Å²) in [5.41, 5.74) is 0.712. The summed E-state index contributed by atoms with van der Waals surface area (Å²) in [6.07, 6.45) is -3.85. The van der Waals surface area contributed by atoms with Crippen LogP contribution in [0.15, 0.2) is 18.2 Å². The van der Waals surface area contributed by atoms with Crippen LogP contribution >= 0.6 is 0 Å². The molecule has 0 unspecified atom stereocenters. The maximum absolute atomic E-state index is 12.8. The maximum atomic E-state index is 12.8. The molecule has 1 aromatic rings. The van der Waals surface area contributed by atoms with Crippen LogP contribution in [-0.2, 0) is 9.53 Å². The van der Waals surface area contributed by atoms with Crippen LogP contribution in [0.1, 0.15) is 25.5 Å². The minimum absolute atomic E-state index is 0.0814. The molecule has 1 aromatic heterocycles. The molecule has 0 radical (unpaired) electrons. The van der Waals surface area contributed by atoms with Crippen LogP contribution in [0.5, 0.6) is 0 Å². The summed E-state index contributed by atoms with van der Waals surface area (Å²) < 4.78 is 29.4. The van der Waals surface area contributed by atoms with E-state index in [0.29, 0.717) is 5.69 Å². The van der Waals surface area contributed by atoms with Crippen molar-refractivity contribution in [2.24, 2.45) is 0 Å². The predicted octanol–water partition coefficient (Wildman–Crippen LogP) is 2.38. The Morgan fingerprint density at radius 1 is 1.47 bits per heavy atom. The van der Waals surface area contributed by atoms with Gasteiger partial charge in [0, 0.05) is 12.8 Å². The molecule has 4 nitrogen and oxygen atoms in total. The summed E-state index contributed by atoms with van der Waals surface area (Å²) in [4.78, 5) is 15.2. The van der Waals surface area contributed by atoms with Crippen molar-refractivity contribution in [1.82, 2.24) is 4.98 Å². The van der Waals surface area contributed by atoms with Gasteiger partial charge in [0.25, 0.3) is 0 Å². The molecular formula is C11H14F2N2O2. The first-order valence-electron chi connectivity index (χ1n) is 5.08. The highest BCUT2D eigenvalue weighted by atomic mass is 19.3. The quantitative estimate of drug-likeness (QED) is 0.884. The number of alkyl halides is 2. The normalized spacial score (nSPS) is 11.6. The highest BCUT2D eigenvalue weighted by molar-refractivity contribution is 5.94. The summed E-state index contributed by atoms with van der Waals surface area (Å²) in [5.74, 6) is -1.30. The molecule has 6 heteroatoms. The number of carbonyl (C=O) groups is 1. The van der Waals surface area contributed by atoms with E-state index in [9.17, 15) is 13.6 Å². The topological polar surface area (TPSA) is 51.2 Å². The monoisotopic (exact) mass is 244 g/mol. The molecule has 0 aromatic carbocycles. The average molecular weight is 244 g/mol. The first-order valence-corrected chi connectivity index (χ1v) is 5.08. The second-order valence-corrected chi connectivity index (χ2v) is 3.78. The van der Waals surface area contributed by atoms with E-state index < -0.39 is 12.0 Å². The second kappa shape index (κ2) is 5.18. The van der Waals surface area contributed by atoms with Crippen molar-refractivity contribution >= 4 is 11.7 Å². The molecule has 17 heavy (non-hydrogen) atoms. The van der Waals surface area contributed by atoms with Gasteiger partial charge in [-0.3, -0.25) is 4.79 Å². The summed E-state index contributed by atoms with van der Waals surface area (Å²) in [6.45, 7) is 3.83. The van der Waals surface area contributed by atoms with Crippen molar-refractivity contribution in [3.05, 3.63) is 23.9 Å². The lowest BCUT2D eigenvalue weighted by atomic mass is 10.1. The van der Waals surface area contributed by atoms with Gasteiger partial charge in [-0.25, -0.2) is 4.98 Å². The zero-order valence-corrected chi connectivity index (χ0v) is 9.83. The Morgan fingerprint density at radius 3 is 2.65 bits per heavy atom. The Labute approximate surface area is 98.0 Å². The van der Waals surface area contributed by atoms with Crippen molar-refractivity contribution in [2.45, 2.75) is 25.9 Å². The second-order valence-electron chi connectivity index (χ2n) is 3.78. The highest BCUT2D eigenvalue weighted by Crippen LogP contribution is 2.18. The van der Waals surface area contributed by atoms with Gasteiger partial charge < -0.3 is 10.1 Å². The zero-order valence-electron chi connectivity index (χ0n) is 9.83. The fourth-order valence-electron chi connectivity index (χ4n) is 1.12. The van der Waals surface area contributed by atoms with Gasteiger partial charge in [-0.05, 0) is 18.1 Å². The van der Waals surface area contributed by atoms with E-state index in [4.69, 9.17) is 0 Å². The van der Waals surface area contributed by atoms with E-state index in [1.807, 2.05) is 19.2 Å². The molecule has 0 aliphatic carbocycles. The van der Waals surface area contributed by atoms with E-state index in [2.05, 4.69) is 9.72 Å². The number of rotatable bonds is 4. The number of halogens is 2. The van der Waals surface area contributed by atoms with Crippen LogP contribution in [0, 0.1) is 0 Å². The maximum Gasteiger partial charge on any atom is 0.436 e. The van der Waals surface area contributed by atoms with Crippen LogP contribution in [0.2, 0.25) is 0 Å². The van der Waals surface area contributed by atoms with Gasteiger partial charge >= 0.3 is 12.0 Å². The number of pyridine rings is 1. The lowest BCUT2D eigenvalue weighted by Crippen LogP contribution is -2.36. The van der Waals surface area contributed by atoms with Crippen LogP contribution in [0.25, 0.3) is 0 Å². The number of methoxy groups -OCH3 is 1. The van der Waals surface area contributed by atoms with E-state index in [1.165, 1.54) is 6.07 Å². The van der Waals surface area contributed by atoms with Crippen molar-refractivity contribution in [1.29, 1.82) is 0 Å². The van der Waals surface area contributed by atoms with E-state index in [0.717, 1.165) is 7.11 Å². The summed E-state index contributed by atoms with van der Waals surface area (Å²) in [5, 5.41) is 2.00. The van der Waals surface area contributed by atoms with Gasteiger partial charge in [-0.1, -0.05) is 19.9 Å². The minimum atomic E-state index is -3.85. The first-order chi connectivity index (χ1) is 7.86. The molecule has 0 bridgehead atoms. The molecular weight excluding hydrogens is 230 g/mol. The van der Waals surface area contributed by atoms with E-state index in [-0.39, 0.29) is 11.7 Å². The third-order valence-electron chi connectivity index (χ3n) is 2.12. The fourth-order valence-corrected chi connectivity index (χ4v) is 1.12. The van der Waals surface area contributed by atoms with E-state index >= 15 is 0 Å².